The Morgan fingerprint density at radius 3 is 2.81 bits per heavy atom. The molecule has 1 aliphatic heterocycles. The second-order valence-electron chi connectivity index (χ2n) is 6.46. The van der Waals surface area contributed by atoms with Crippen LogP contribution in [0.3, 0.4) is 0 Å². The zero-order valence-electron chi connectivity index (χ0n) is 14.6. The third kappa shape index (κ3) is 3.33. The predicted molar refractivity (Wildman–Crippen MR) is 98.9 cm³/mol. The van der Waals surface area contributed by atoms with Gasteiger partial charge in [0.1, 0.15) is 11.3 Å². The number of aromatic nitrogens is 4. The van der Waals surface area contributed by atoms with Gasteiger partial charge in [0.15, 0.2) is 0 Å². The highest BCUT2D eigenvalue weighted by molar-refractivity contribution is 5.92. The Hall–Kier alpha value is -3.09. The van der Waals surface area contributed by atoms with Crippen molar-refractivity contribution in [2.45, 2.75) is 25.8 Å². The Balaban J connectivity index is 1.48. The molecule has 1 N–H and O–H groups in total. The summed E-state index contributed by atoms with van der Waals surface area (Å²) in [7, 11) is 0. The number of hydrogen-bond acceptors (Lipinski definition) is 6. The van der Waals surface area contributed by atoms with Crippen molar-refractivity contribution in [3.05, 3.63) is 54.0 Å². The lowest BCUT2D eigenvalue weighted by atomic mass is 10.2. The molecule has 4 rings (SSSR count). The number of pyridine rings is 1. The van der Waals surface area contributed by atoms with Gasteiger partial charge in [-0.1, -0.05) is 18.2 Å². The van der Waals surface area contributed by atoms with Crippen molar-refractivity contribution in [2.24, 2.45) is 0 Å². The number of benzene rings is 1. The molecule has 26 heavy (non-hydrogen) atoms. The maximum atomic E-state index is 12.9. The van der Waals surface area contributed by atoms with Crippen LogP contribution >= 0.6 is 0 Å². The second-order valence-corrected chi connectivity index (χ2v) is 6.46. The van der Waals surface area contributed by atoms with Crippen LogP contribution in [0.4, 0.5) is 5.82 Å². The van der Waals surface area contributed by atoms with Crippen molar-refractivity contribution in [1.29, 1.82) is 0 Å². The number of anilines is 1. The Morgan fingerprint density at radius 1 is 1.12 bits per heavy atom. The van der Waals surface area contributed by atoms with Crippen molar-refractivity contribution >= 4 is 22.8 Å². The summed E-state index contributed by atoms with van der Waals surface area (Å²) in [6.45, 7) is 3.33. The number of rotatable bonds is 4. The summed E-state index contributed by atoms with van der Waals surface area (Å²) in [6, 6.07) is 13.4. The van der Waals surface area contributed by atoms with E-state index in [1.54, 1.807) is 0 Å². The Kier molecular flexibility index (Phi) is 4.43. The number of hydrogen-bond donors (Lipinski definition) is 1. The fraction of sp³-hybridized carbons (Fsp3) is 0.316. The molecule has 0 saturated carbocycles. The zero-order valence-corrected chi connectivity index (χ0v) is 14.6. The predicted octanol–water partition coefficient (Wildman–Crippen LogP) is 2.44. The van der Waals surface area contributed by atoms with Gasteiger partial charge in [-0.3, -0.25) is 4.79 Å². The lowest BCUT2D eigenvalue weighted by Gasteiger charge is -2.24. The van der Waals surface area contributed by atoms with E-state index in [-0.39, 0.29) is 17.8 Å². The average molecular weight is 348 g/mol. The largest absolute Gasteiger partial charge is 0.368 e. The van der Waals surface area contributed by atoms with Gasteiger partial charge in [0, 0.05) is 24.8 Å². The Morgan fingerprint density at radius 2 is 1.96 bits per heavy atom. The average Bonchev–Trinajstić information content (AvgIpc) is 3.14. The maximum Gasteiger partial charge on any atom is 0.293 e. The standard InChI is InChI=1S/C19H20N6O/c1-13-6-4-10-17(21-13)20-12-14-7-5-11-25(14)19(26)18-22-15-8-2-3-9-16(15)23-24-18/h2-4,6,8-10,14H,5,7,11-12H2,1H3,(H,20,21). The summed E-state index contributed by atoms with van der Waals surface area (Å²) in [4.78, 5) is 23.6. The molecule has 0 radical (unpaired) electrons. The molecule has 2 aromatic heterocycles. The van der Waals surface area contributed by atoms with Gasteiger partial charge < -0.3 is 10.2 Å². The summed E-state index contributed by atoms with van der Waals surface area (Å²) in [5.74, 6) is 0.821. The van der Waals surface area contributed by atoms with Crippen molar-refractivity contribution < 1.29 is 4.79 Å². The topological polar surface area (TPSA) is 83.9 Å². The van der Waals surface area contributed by atoms with E-state index in [2.05, 4.69) is 25.5 Å². The van der Waals surface area contributed by atoms with Crippen LogP contribution in [0.1, 0.15) is 29.2 Å². The third-order valence-corrected chi connectivity index (χ3v) is 4.60. The third-order valence-electron chi connectivity index (χ3n) is 4.60. The first-order valence-corrected chi connectivity index (χ1v) is 8.79. The van der Waals surface area contributed by atoms with E-state index in [1.807, 2.05) is 54.3 Å². The molecule has 1 saturated heterocycles. The molecule has 0 bridgehead atoms. The molecule has 7 nitrogen and oxygen atoms in total. The fourth-order valence-electron chi connectivity index (χ4n) is 3.28. The number of likely N-dealkylation sites (tertiary alicyclic amines) is 1. The van der Waals surface area contributed by atoms with Gasteiger partial charge in [-0.05, 0) is 44.0 Å². The van der Waals surface area contributed by atoms with E-state index in [1.165, 1.54) is 0 Å². The lowest BCUT2D eigenvalue weighted by Crippen LogP contribution is -2.40. The maximum absolute atomic E-state index is 12.9. The van der Waals surface area contributed by atoms with Crippen LogP contribution in [0.15, 0.2) is 42.5 Å². The van der Waals surface area contributed by atoms with Crippen LogP contribution < -0.4 is 5.32 Å². The van der Waals surface area contributed by atoms with Gasteiger partial charge in [0.2, 0.25) is 5.82 Å². The summed E-state index contributed by atoms with van der Waals surface area (Å²) < 4.78 is 0. The molecule has 0 aliphatic carbocycles. The van der Waals surface area contributed by atoms with Crippen LogP contribution in [0.25, 0.3) is 11.0 Å². The highest BCUT2D eigenvalue weighted by atomic mass is 16.2. The highest BCUT2D eigenvalue weighted by Crippen LogP contribution is 2.20. The SMILES string of the molecule is Cc1cccc(NCC2CCCN2C(=O)c2nnc3ccccc3n2)n1. The lowest BCUT2D eigenvalue weighted by molar-refractivity contribution is 0.0730. The van der Waals surface area contributed by atoms with Crippen LogP contribution in [-0.2, 0) is 0 Å². The van der Waals surface area contributed by atoms with Gasteiger partial charge in [-0.25, -0.2) is 9.97 Å². The highest BCUT2D eigenvalue weighted by Gasteiger charge is 2.31. The van der Waals surface area contributed by atoms with E-state index in [4.69, 9.17) is 0 Å². The van der Waals surface area contributed by atoms with Gasteiger partial charge >= 0.3 is 0 Å². The van der Waals surface area contributed by atoms with Gasteiger partial charge in [-0.2, -0.15) is 0 Å². The van der Waals surface area contributed by atoms with Crippen molar-refractivity contribution in [3.8, 4) is 0 Å². The van der Waals surface area contributed by atoms with Gasteiger partial charge in [-0.15, -0.1) is 10.2 Å². The molecule has 1 atom stereocenters. The number of nitrogens with one attached hydrogen (secondary N) is 1. The number of nitrogens with zero attached hydrogens (tertiary/aromatic N) is 5. The summed E-state index contributed by atoms with van der Waals surface area (Å²) >= 11 is 0. The van der Waals surface area contributed by atoms with E-state index in [0.29, 0.717) is 24.1 Å². The number of amides is 1. The molecule has 3 heterocycles. The Bertz CT molecular complexity index is 944. The van der Waals surface area contributed by atoms with E-state index < -0.39 is 0 Å². The first-order chi connectivity index (χ1) is 12.7. The molecular formula is C19H20N6O. The molecule has 1 unspecified atom stereocenters. The normalized spacial score (nSPS) is 16.8. The smallest absolute Gasteiger partial charge is 0.293 e. The minimum absolute atomic E-state index is 0.0971. The quantitative estimate of drug-likeness (QED) is 0.780. The monoisotopic (exact) mass is 348 g/mol. The Labute approximate surface area is 151 Å². The molecule has 0 spiro atoms. The molecule has 1 amide bonds. The summed E-state index contributed by atoms with van der Waals surface area (Å²) in [5.41, 5.74) is 2.34. The van der Waals surface area contributed by atoms with E-state index >= 15 is 0 Å². The van der Waals surface area contributed by atoms with Crippen LogP contribution in [-0.4, -0.2) is 50.1 Å². The second kappa shape index (κ2) is 7.03. The van der Waals surface area contributed by atoms with Crippen molar-refractivity contribution in [3.63, 3.8) is 0 Å². The van der Waals surface area contributed by atoms with Crippen molar-refractivity contribution in [1.82, 2.24) is 25.1 Å². The molecular weight excluding hydrogens is 328 g/mol. The summed E-state index contributed by atoms with van der Waals surface area (Å²) in [5, 5.41) is 11.5. The molecule has 3 aromatic rings. The minimum Gasteiger partial charge on any atom is -0.368 e. The molecule has 7 heteroatoms. The van der Waals surface area contributed by atoms with Crippen LogP contribution in [0, 0.1) is 6.92 Å². The van der Waals surface area contributed by atoms with E-state index in [0.717, 1.165) is 24.4 Å². The molecule has 1 fully saturated rings. The van der Waals surface area contributed by atoms with Gasteiger partial charge in [0.25, 0.3) is 5.91 Å². The first kappa shape index (κ1) is 16.4. The van der Waals surface area contributed by atoms with Crippen molar-refractivity contribution in [2.75, 3.05) is 18.4 Å². The molecule has 132 valence electrons. The first-order valence-electron chi connectivity index (χ1n) is 8.79. The number of fused-ring (bicyclic) bond motifs is 1. The number of aryl methyl sites for hydroxylation is 1. The number of para-hydroxylation sites is 1. The zero-order chi connectivity index (χ0) is 17.9. The minimum atomic E-state index is -0.162. The fourth-order valence-corrected chi connectivity index (χ4v) is 3.28. The molecule has 1 aromatic carbocycles. The van der Waals surface area contributed by atoms with E-state index in [9.17, 15) is 4.79 Å². The number of carbonyl (C=O) groups excluding carboxylic acids is 1. The van der Waals surface area contributed by atoms with Gasteiger partial charge in [0.05, 0.1) is 5.52 Å². The van der Waals surface area contributed by atoms with Crippen LogP contribution in [0.2, 0.25) is 0 Å². The summed E-state index contributed by atoms with van der Waals surface area (Å²) in [6.07, 6.45) is 1.92. The molecule has 1 aliphatic rings. The number of carbonyl (C=O) groups is 1. The van der Waals surface area contributed by atoms with Crippen LogP contribution in [0.5, 0.6) is 0 Å².